The van der Waals surface area contributed by atoms with Crippen LogP contribution in [0.2, 0.25) is 0 Å². The molecule has 0 saturated carbocycles. The molecule has 0 amide bonds. The molecule has 2 aromatic rings. The Morgan fingerprint density at radius 1 is 1.33 bits per heavy atom. The van der Waals surface area contributed by atoms with Crippen LogP contribution < -0.4 is 10.6 Å². The Balaban J connectivity index is 0.00000288. The number of rotatable bonds is 6. The third-order valence-electron chi connectivity index (χ3n) is 3.58. The Hall–Kier alpha value is -1.55. The Kier molecular flexibility index (Phi) is 7.74. The van der Waals surface area contributed by atoms with E-state index < -0.39 is 5.60 Å². The van der Waals surface area contributed by atoms with Gasteiger partial charge in [0.2, 0.25) is 0 Å². The maximum atomic E-state index is 10.6. The fourth-order valence-corrected chi connectivity index (χ4v) is 2.22. The summed E-state index contributed by atoms with van der Waals surface area (Å²) < 4.78 is 3.68. The number of guanidine groups is 1. The van der Waals surface area contributed by atoms with Crippen LogP contribution >= 0.6 is 24.0 Å². The largest absolute Gasteiger partial charge is 0.383 e. The molecule has 7 nitrogen and oxygen atoms in total. The zero-order valence-corrected chi connectivity index (χ0v) is 17.0. The van der Waals surface area contributed by atoms with Gasteiger partial charge in [0.1, 0.15) is 5.60 Å². The third kappa shape index (κ3) is 5.82. The summed E-state index contributed by atoms with van der Waals surface area (Å²) in [5.74, 6) is 0.681. The van der Waals surface area contributed by atoms with E-state index in [0.717, 1.165) is 17.7 Å². The molecule has 0 aromatic carbocycles. The van der Waals surface area contributed by atoms with E-state index in [1.165, 1.54) is 0 Å². The Bertz CT molecular complexity index is 661. The highest BCUT2D eigenvalue weighted by Gasteiger charge is 2.24. The molecule has 0 aliphatic heterocycles. The second-order valence-electron chi connectivity index (χ2n) is 5.91. The molecule has 8 heteroatoms. The summed E-state index contributed by atoms with van der Waals surface area (Å²) in [6.45, 7) is 5.47. The van der Waals surface area contributed by atoms with Gasteiger partial charge in [-0.3, -0.25) is 4.68 Å². The molecule has 0 bridgehead atoms. The Morgan fingerprint density at radius 2 is 2.08 bits per heavy atom. The van der Waals surface area contributed by atoms with E-state index in [0.29, 0.717) is 19.0 Å². The number of halogens is 1. The van der Waals surface area contributed by atoms with E-state index in [1.807, 2.05) is 50.2 Å². The fourth-order valence-electron chi connectivity index (χ4n) is 2.22. The standard InChI is InChI=1S/C16H26N6O.HI/c1-5-17-15(18-8-13-6-7-21(3)10-13)19-12-16(2,23)14-9-20-22(4)11-14;/h6-7,9-11,23H,5,8,12H2,1-4H3,(H2,17,18,19);1H. The Morgan fingerprint density at radius 3 is 2.62 bits per heavy atom. The molecule has 2 aromatic heterocycles. The zero-order chi connectivity index (χ0) is 16.9. The van der Waals surface area contributed by atoms with Crippen molar-refractivity contribution in [3.8, 4) is 0 Å². The first kappa shape index (κ1) is 20.5. The van der Waals surface area contributed by atoms with Gasteiger partial charge in [0.15, 0.2) is 5.96 Å². The average molecular weight is 446 g/mol. The highest BCUT2D eigenvalue weighted by molar-refractivity contribution is 14.0. The molecule has 2 rings (SSSR count). The topological polar surface area (TPSA) is 79.4 Å². The molecular formula is C16H27IN6O. The second kappa shape index (κ2) is 9.07. The molecule has 1 unspecified atom stereocenters. The minimum Gasteiger partial charge on any atom is -0.383 e. The number of aromatic nitrogens is 3. The molecule has 0 spiro atoms. The quantitative estimate of drug-likeness (QED) is 0.356. The number of aliphatic hydroxyl groups is 1. The number of hydrogen-bond acceptors (Lipinski definition) is 3. The minimum absolute atomic E-state index is 0. The summed E-state index contributed by atoms with van der Waals surface area (Å²) in [5.41, 5.74) is 0.895. The lowest BCUT2D eigenvalue weighted by molar-refractivity contribution is 0.0616. The van der Waals surface area contributed by atoms with Crippen molar-refractivity contribution in [2.75, 3.05) is 13.1 Å². The molecule has 2 heterocycles. The van der Waals surface area contributed by atoms with Crippen LogP contribution in [0.3, 0.4) is 0 Å². The summed E-state index contributed by atoms with van der Waals surface area (Å²) in [4.78, 5) is 4.55. The normalized spacial score (nSPS) is 14.0. The smallest absolute Gasteiger partial charge is 0.191 e. The summed E-state index contributed by atoms with van der Waals surface area (Å²) >= 11 is 0. The lowest BCUT2D eigenvalue weighted by atomic mass is 10.00. The molecule has 3 N–H and O–H groups in total. The first-order valence-corrected chi connectivity index (χ1v) is 7.75. The highest BCUT2D eigenvalue weighted by atomic mass is 127. The SMILES string of the molecule is CCNC(=NCc1ccn(C)c1)NCC(C)(O)c1cnn(C)c1.I. The summed E-state index contributed by atoms with van der Waals surface area (Å²) in [6, 6.07) is 2.04. The summed E-state index contributed by atoms with van der Waals surface area (Å²) in [5, 5.41) is 21.1. The number of aliphatic imine (C=N–C) groups is 1. The van der Waals surface area contributed by atoms with Gasteiger partial charge in [0, 0.05) is 44.8 Å². The van der Waals surface area contributed by atoms with Crippen molar-refractivity contribution in [1.29, 1.82) is 0 Å². The molecule has 0 saturated heterocycles. The van der Waals surface area contributed by atoms with Crippen LogP contribution in [0.25, 0.3) is 0 Å². The summed E-state index contributed by atoms with van der Waals surface area (Å²) in [7, 11) is 3.82. The van der Waals surface area contributed by atoms with Gasteiger partial charge in [0.05, 0.1) is 19.3 Å². The van der Waals surface area contributed by atoms with Crippen molar-refractivity contribution in [2.45, 2.75) is 26.0 Å². The highest BCUT2D eigenvalue weighted by Crippen LogP contribution is 2.18. The monoisotopic (exact) mass is 446 g/mol. The fraction of sp³-hybridized carbons (Fsp3) is 0.500. The van der Waals surface area contributed by atoms with E-state index in [2.05, 4.69) is 20.7 Å². The van der Waals surface area contributed by atoms with Crippen LogP contribution in [0, 0.1) is 0 Å². The van der Waals surface area contributed by atoms with Gasteiger partial charge < -0.3 is 20.3 Å². The van der Waals surface area contributed by atoms with Crippen molar-refractivity contribution in [2.24, 2.45) is 19.1 Å². The molecule has 24 heavy (non-hydrogen) atoms. The van der Waals surface area contributed by atoms with E-state index in [9.17, 15) is 5.11 Å². The van der Waals surface area contributed by atoms with Gasteiger partial charge in [-0.15, -0.1) is 24.0 Å². The van der Waals surface area contributed by atoms with Crippen LogP contribution in [0.15, 0.2) is 35.8 Å². The van der Waals surface area contributed by atoms with E-state index in [4.69, 9.17) is 0 Å². The zero-order valence-electron chi connectivity index (χ0n) is 14.7. The van der Waals surface area contributed by atoms with Gasteiger partial charge in [-0.1, -0.05) is 0 Å². The second-order valence-corrected chi connectivity index (χ2v) is 5.91. The molecule has 0 aliphatic carbocycles. The minimum atomic E-state index is -1.02. The molecule has 134 valence electrons. The maximum absolute atomic E-state index is 10.6. The first-order chi connectivity index (χ1) is 10.9. The van der Waals surface area contributed by atoms with Gasteiger partial charge >= 0.3 is 0 Å². The van der Waals surface area contributed by atoms with E-state index in [-0.39, 0.29) is 24.0 Å². The van der Waals surface area contributed by atoms with E-state index >= 15 is 0 Å². The van der Waals surface area contributed by atoms with Crippen molar-refractivity contribution in [3.63, 3.8) is 0 Å². The van der Waals surface area contributed by atoms with Gasteiger partial charge in [-0.25, -0.2) is 4.99 Å². The van der Waals surface area contributed by atoms with Gasteiger partial charge in [-0.2, -0.15) is 5.10 Å². The van der Waals surface area contributed by atoms with Crippen molar-refractivity contribution >= 4 is 29.9 Å². The molecule has 1 atom stereocenters. The number of nitrogens with zero attached hydrogens (tertiary/aromatic N) is 4. The van der Waals surface area contributed by atoms with Crippen molar-refractivity contribution in [1.82, 2.24) is 25.0 Å². The average Bonchev–Trinajstić information content (AvgIpc) is 3.11. The number of nitrogens with one attached hydrogen (secondary N) is 2. The molecule has 0 fully saturated rings. The lowest BCUT2D eigenvalue weighted by Crippen LogP contribution is -2.44. The first-order valence-electron chi connectivity index (χ1n) is 7.75. The van der Waals surface area contributed by atoms with Crippen LogP contribution in [0.4, 0.5) is 0 Å². The molecule has 0 aliphatic rings. The molecule has 0 radical (unpaired) electrons. The number of hydrogen-bond donors (Lipinski definition) is 3. The van der Waals surface area contributed by atoms with Gasteiger partial charge in [-0.05, 0) is 25.5 Å². The lowest BCUT2D eigenvalue weighted by Gasteiger charge is -2.23. The van der Waals surface area contributed by atoms with Crippen LogP contribution in [-0.2, 0) is 26.2 Å². The Labute approximate surface area is 160 Å². The number of aryl methyl sites for hydroxylation is 2. The van der Waals surface area contributed by atoms with Crippen molar-refractivity contribution in [3.05, 3.63) is 42.0 Å². The maximum Gasteiger partial charge on any atom is 0.191 e. The molecular weight excluding hydrogens is 419 g/mol. The third-order valence-corrected chi connectivity index (χ3v) is 3.58. The predicted octanol–water partition coefficient (Wildman–Crippen LogP) is 1.34. The van der Waals surface area contributed by atoms with Crippen LogP contribution in [0.1, 0.15) is 25.0 Å². The van der Waals surface area contributed by atoms with Crippen LogP contribution in [0.5, 0.6) is 0 Å². The summed E-state index contributed by atoms with van der Waals surface area (Å²) in [6.07, 6.45) is 7.53. The van der Waals surface area contributed by atoms with Crippen LogP contribution in [-0.4, -0.2) is 38.5 Å². The van der Waals surface area contributed by atoms with E-state index in [1.54, 1.807) is 17.8 Å². The van der Waals surface area contributed by atoms with Crippen molar-refractivity contribution < 1.29 is 5.11 Å². The van der Waals surface area contributed by atoms with Gasteiger partial charge in [0.25, 0.3) is 0 Å². The predicted molar refractivity (Wildman–Crippen MR) is 106 cm³/mol.